The van der Waals surface area contributed by atoms with E-state index in [2.05, 4.69) is 22.6 Å². The highest BCUT2D eigenvalue weighted by atomic mass is 16.5. The molecule has 1 atom stereocenters. The van der Waals surface area contributed by atoms with Crippen LogP contribution in [0.2, 0.25) is 0 Å². The molecular weight excluding hydrogens is 416 g/mol. The fourth-order valence-corrected chi connectivity index (χ4v) is 4.02. The van der Waals surface area contributed by atoms with Crippen molar-refractivity contribution in [1.29, 1.82) is 0 Å². The molecule has 0 aliphatic carbocycles. The van der Waals surface area contributed by atoms with Crippen LogP contribution in [0.15, 0.2) is 71.4 Å². The predicted octanol–water partition coefficient (Wildman–Crippen LogP) is 3.98. The highest BCUT2D eigenvalue weighted by Crippen LogP contribution is 2.21. The third-order valence-electron chi connectivity index (χ3n) is 6.02. The van der Waals surface area contributed by atoms with Crippen molar-refractivity contribution in [1.82, 2.24) is 19.9 Å². The Hall–Kier alpha value is -3.87. The minimum Gasteiger partial charge on any atom is -0.356 e. The number of amides is 2. The molecule has 0 saturated heterocycles. The van der Waals surface area contributed by atoms with Crippen LogP contribution in [0.4, 0.5) is 0 Å². The van der Waals surface area contributed by atoms with Gasteiger partial charge in [0.15, 0.2) is 5.58 Å². The summed E-state index contributed by atoms with van der Waals surface area (Å²) < 4.78 is 7.06. The Morgan fingerprint density at radius 2 is 1.91 bits per heavy atom. The number of carbonyl (C=O) groups is 2. The van der Waals surface area contributed by atoms with Gasteiger partial charge < -0.3 is 19.3 Å². The molecule has 0 bridgehead atoms. The lowest BCUT2D eigenvalue weighted by Crippen LogP contribution is -2.41. The smallest absolute Gasteiger partial charge is 0.267 e. The van der Waals surface area contributed by atoms with Crippen molar-refractivity contribution in [2.75, 3.05) is 13.6 Å². The molecule has 2 amide bonds. The highest BCUT2D eigenvalue weighted by Gasteiger charge is 2.23. The van der Waals surface area contributed by atoms with Crippen LogP contribution in [0, 0.1) is 6.92 Å². The van der Waals surface area contributed by atoms with E-state index in [0.29, 0.717) is 36.2 Å². The fraction of sp³-hybridized carbons (Fsp3) is 0.269. The molecule has 0 saturated carbocycles. The summed E-state index contributed by atoms with van der Waals surface area (Å²) in [5, 5.41) is 7.80. The minimum atomic E-state index is -0.122. The summed E-state index contributed by atoms with van der Waals surface area (Å²) in [6.07, 6.45) is 3.16. The summed E-state index contributed by atoms with van der Waals surface area (Å²) in [5.41, 5.74) is 3.75. The number of nitrogens with one attached hydrogen (secondary N) is 1. The summed E-state index contributed by atoms with van der Waals surface area (Å²) in [5.74, 6) is -0.199. The van der Waals surface area contributed by atoms with E-state index in [9.17, 15) is 9.59 Å². The molecule has 2 aromatic carbocycles. The van der Waals surface area contributed by atoms with Gasteiger partial charge in [-0.1, -0.05) is 35.5 Å². The SMILES string of the molecule is Cc1noc2ccc(C(=O)N(C)C(CCNC(=O)c3cccn3C)Cc3ccccc3)cc12. The number of hydrogen-bond donors (Lipinski definition) is 1. The molecule has 7 heteroatoms. The molecule has 0 radical (unpaired) electrons. The van der Waals surface area contributed by atoms with Gasteiger partial charge in [0.2, 0.25) is 0 Å². The van der Waals surface area contributed by atoms with Crippen LogP contribution in [0.25, 0.3) is 11.0 Å². The number of carbonyl (C=O) groups excluding carboxylic acids is 2. The Labute approximate surface area is 193 Å². The first-order chi connectivity index (χ1) is 15.9. The second-order valence-corrected chi connectivity index (χ2v) is 8.29. The molecule has 0 aliphatic heterocycles. The van der Waals surface area contributed by atoms with Crippen LogP contribution in [0.5, 0.6) is 0 Å². The van der Waals surface area contributed by atoms with Crippen LogP contribution in [0.3, 0.4) is 0 Å². The van der Waals surface area contributed by atoms with E-state index in [1.807, 2.05) is 57.5 Å². The number of rotatable bonds is 8. The van der Waals surface area contributed by atoms with Crippen molar-refractivity contribution >= 4 is 22.8 Å². The molecule has 4 rings (SSSR count). The van der Waals surface area contributed by atoms with Crippen molar-refractivity contribution in [3.8, 4) is 0 Å². The first-order valence-electron chi connectivity index (χ1n) is 11.0. The molecule has 2 aromatic heterocycles. The topological polar surface area (TPSA) is 80.4 Å². The number of hydrogen-bond acceptors (Lipinski definition) is 4. The van der Waals surface area contributed by atoms with E-state index in [-0.39, 0.29) is 17.9 Å². The van der Waals surface area contributed by atoms with E-state index < -0.39 is 0 Å². The van der Waals surface area contributed by atoms with Crippen LogP contribution < -0.4 is 5.32 Å². The maximum absolute atomic E-state index is 13.4. The lowest BCUT2D eigenvalue weighted by atomic mass is 10.0. The molecule has 7 nitrogen and oxygen atoms in total. The average Bonchev–Trinajstić information content (AvgIpc) is 3.43. The van der Waals surface area contributed by atoms with Crippen LogP contribution in [0.1, 0.15) is 38.5 Å². The molecule has 33 heavy (non-hydrogen) atoms. The number of nitrogens with zero attached hydrogens (tertiary/aromatic N) is 3. The van der Waals surface area contributed by atoms with Gasteiger partial charge in [-0.2, -0.15) is 0 Å². The molecule has 0 aliphatic rings. The van der Waals surface area contributed by atoms with Gasteiger partial charge in [-0.15, -0.1) is 0 Å². The normalized spacial score (nSPS) is 12.0. The third-order valence-corrected chi connectivity index (χ3v) is 6.02. The Balaban J connectivity index is 1.49. The van der Waals surface area contributed by atoms with Crippen molar-refractivity contribution in [2.24, 2.45) is 7.05 Å². The minimum absolute atomic E-state index is 0.0767. The molecule has 2 heterocycles. The van der Waals surface area contributed by atoms with Gasteiger partial charge in [-0.3, -0.25) is 9.59 Å². The maximum Gasteiger partial charge on any atom is 0.267 e. The third kappa shape index (κ3) is 4.98. The Morgan fingerprint density at radius 1 is 1.12 bits per heavy atom. The van der Waals surface area contributed by atoms with Crippen molar-refractivity contribution in [2.45, 2.75) is 25.8 Å². The average molecular weight is 445 g/mol. The molecule has 1 N–H and O–H groups in total. The van der Waals surface area contributed by atoms with Gasteiger partial charge in [0.05, 0.1) is 5.69 Å². The van der Waals surface area contributed by atoms with E-state index in [1.165, 1.54) is 0 Å². The van der Waals surface area contributed by atoms with Crippen molar-refractivity contribution < 1.29 is 14.1 Å². The first kappa shape index (κ1) is 22.3. The van der Waals surface area contributed by atoms with Gasteiger partial charge in [-0.05, 0) is 55.7 Å². The second kappa shape index (κ2) is 9.73. The van der Waals surface area contributed by atoms with E-state index >= 15 is 0 Å². The molecule has 0 spiro atoms. The summed E-state index contributed by atoms with van der Waals surface area (Å²) in [6.45, 7) is 2.32. The van der Waals surface area contributed by atoms with Gasteiger partial charge in [0.25, 0.3) is 11.8 Å². The molecule has 4 aromatic rings. The summed E-state index contributed by atoms with van der Waals surface area (Å²) in [4.78, 5) is 27.6. The van der Waals surface area contributed by atoms with Crippen LogP contribution >= 0.6 is 0 Å². The second-order valence-electron chi connectivity index (χ2n) is 8.29. The Morgan fingerprint density at radius 3 is 2.64 bits per heavy atom. The number of aryl methyl sites for hydroxylation is 2. The van der Waals surface area contributed by atoms with Gasteiger partial charge in [0, 0.05) is 43.8 Å². The van der Waals surface area contributed by atoms with E-state index in [0.717, 1.165) is 16.6 Å². The molecular formula is C26H28N4O3. The predicted molar refractivity (Wildman–Crippen MR) is 127 cm³/mol. The summed E-state index contributed by atoms with van der Waals surface area (Å²) in [7, 11) is 3.66. The fourth-order valence-electron chi connectivity index (χ4n) is 4.02. The van der Waals surface area contributed by atoms with Crippen LogP contribution in [-0.2, 0) is 13.5 Å². The molecule has 170 valence electrons. The molecule has 1 unspecified atom stereocenters. The number of aromatic nitrogens is 2. The number of benzene rings is 2. The number of likely N-dealkylation sites (N-methyl/N-ethyl adjacent to an activating group) is 1. The maximum atomic E-state index is 13.4. The van der Waals surface area contributed by atoms with E-state index in [1.54, 1.807) is 27.7 Å². The quantitative estimate of drug-likeness (QED) is 0.446. The number of fused-ring (bicyclic) bond motifs is 1. The Kier molecular flexibility index (Phi) is 6.58. The monoisotopic (exact) mass is 444 g/mol. The zero-order valence-corrected chi connectivity index (χ0v) is 19.1. The van der Waals surface area contributed by atoms with Crippen LogP contribution in [-0.4, -0.2) is 46.1 Å². The lowest BCUT2D eigenvalue weighted by Gasteiger charge is -2.29. The zero-order chi connectivity index (χ0) is 23.4. The van der Waals surface area contributed by atoms with E-state index in [4.69, 9.17) is 4.52 Å². The largest absolute Gasteiger partial charge is 0.356 e. The summed E-state index contributed by atoms with van der Waals surface area (Å²) >= 11 is 0. The lowest BCUT2D eigenvalue weighted by molar-refractivity contribution is 0.0723. The van der Waals surface area contributed by atoms with Crippen molar-refractivity contribution in [3.05, 3.63) is 89.4 Å². The first-order valence-corrected chi connectivity index (χ1v) is 11.0. The standard InChI is InChI=1S/C26H28N4O3/c1-18-22-17-20(11-12-24(22)33-28-18)26(32)30(3)21(16-19-8-5-4-6-9-19)13-14-27-25(31)23-10-7-15-29(23)2/h4-12,15,17,21H,13-14,16H2,1-3H3,(H,27,31). The Bertz CT molecular complexity index is 1260. The summed E-state index contributed by atoms with van der Waals surface area (Å²) in [6, 6.07) is 19.0. The van der Waals surface area contributed by atoms with Gasteiger partial charge in [0.1, 0.15) is 5.69 Å². The van der Waals surface area contributed by atoms with Crippen molar-refractivity contribution in [3.63, 3.8) is 0 Å². The highest BCUT2D eigenvalue weighted by molar-refractivity contribution is 5.98. The molecule has 0 fully saturated rings. The van der Waals surface area contributed by atoms with Gasteiger partial charge in [-0.25, -0.2) is 0 Å². The van der Waals surface area contributed by atoms with Gasteiger partial charge >= 0.3 is 0 Å². The zero-order valence-electron chi connectivity index (χ0n) is 19.1.